The molecule has 0 N–H and O–H groups in total. The number of rotatable bonds is 4. The highest BCUT2D eigenvalue weighted by Gasteiger charge is 2.19. The van der Waals surface area contributed by atoms with Crippen molar-refractivity contribution in [3.63, 3.8) is 0 Å². The van der Waals surface area contributed by atoms with Crippen LogP contribution in [0.5, 0.6) is 0 Å². The summed E-state index contributed by atoms with van der Waals surface area (Å²) in [7, 11) is 0. The van der Waals surface area contributed by atoms with Crippen LogP contribution in [0.3, 0.4) is 0 Å². The Morgan fingerprint density at radius 1 is 1.14 bits per heavy atom. The summed E-state index contributed by atoms with van der Waals surface area (Å²) in [6.07, 6.45) is 4.55. The van der Waals surface area contributed by atoms with E-state index in [0.717, 1.165) is 23.3 Å². The largest absolute Gasteiger partial charge is 0.323 e. The second-order valence-electron chi connectivity index (χ2n) is 5.36. The molecule has 2 heterocycles. The molecule has 0 spiro atoms. The fraction of sp³-hybridized carbons (Fsp3) is 0.294. The minimum Gasteiger partial charge on any atom is -0.323 e. The highest BCUT2D eigenvalue weighted by Crippen LogP contribution is 2.29. The van der Waals surface area contributed by atoms with E-state index >= 15 is 0 Å². The number of pyridine rings is 1. The van der Waals surface area contributed by atoms with Crippen molar-refractivity contribution in [2.75, 3.05) is 0 Å². The van der Waals surface area contributed by atoms with Gasteiger partial charge in [-0.05, 0) is 31.9 Å². The SMILES string of the molecule is CC(Cl)c1nc2cnccc2n1C(C)Cc1ccccc1. The van der Waals surface area contributed by atoms with Crippen LogP contribution in [0.4, 0.5) is 0 Å². The van der Waals surface area contributed by atoms with Gasteiger partial charge in [0.25, 0.3) is 0 Å². The van der Waals surface area contributed by atoms with Crippen LogP contribution >= 0.6 is 11.6 Å². The maximum atomic E-state index is 6.32. The van der Waals surface area contributed by atoms with Crippen LogP contribution in [0.25, 0.3) is 11.0 Å². The van der Waals surface area contributed by atoms with E-state index in [0.29, 0.717) is 0 Å². The molecule has 3 aromatic rings. The third kappa shape index (κ3) is 2.79. The predicted octanol–water partition coefficient (Wildman–Crippen LogP) is 4.53. The third-order valence-corrected chi connectivity index (χ3v) is 3.88. The molecule has 3 rings (SSSR count). The number of imidazole rings is 1. The van der Waals surface area contributed by atoms with Crippen molar-refractivity contribution in [2.24, 2.45) is 0 Å². The van der Waals surface area contributed by atoms with Crippen LogP contribution in [-0.4, -0.2) is 14.5 Å². The van der Waals surface area contributed by atoms with Crippen LogP contribution in [-0.2, 0) is 6.42 Å². The van der Waals surface area contributed by atoms with Crippen LogP contribution < -0.4 is 0 Å². The number of aromatic nitrogens is 3. The summed E-state index contributed by atoms with van der Waals surface area (Å²) in [6, 6.07) is 12.8. The highest BCUT2D eigenvalue weighted by molar-refractivity contribution is 6.20. The Morgan fingerprint density at radius 2 is 1.90 bits per heavy atom. The van der Waals surface area contributed by atoms with Gasteiger partial charge in [0.2, 0.25) is 0 Å². The van der Waals surface area contributed by atoms with Crippen molar-refractivity contribution in [1.29, 1.82) is 0 Å². The molecule has 0 bridgehead atoms. The normalized spacial score (nSPS) is 14.2. The van der Waals surface area contributed by atoms with Crippen LogP contribution in [0.15, 0.2) is 48.8 Å². The Labute approximate surface area is 129 Å². The Kier molecular flexibility index (Phi) is 3.93. The van der Waals surface area contributed by atoms with E-state index in [1.807, 2.05) is 19.1 Å². The standard InChI is InChI=1S/C17H18ClN3/c1-12(10-14-6-4-3-5-7-14)21-16-8-9-19-11-15(16)20-17(21)13(2)18/h3-9,11-13H,10H2,1-2H3. The molecule has 0 amide bonds. The maximum Gasteiger partial charge on any atom is 0.128 e. The van der Waals surface area contributed by atoms with E-state index in [1.165, 1.54) is 5.56 Å². The first kappa shape index (κ1) is 14.1. The third-order valence-electron chi connectivity index (χ3n) is 3.69. The Balaban J connectivity index is 2.03. The first-order chi connectivity index (χ1) is 10.2. The van der Waals surface area contributed by atoms with Crippen LogP contribution in [0.1, 0.15) is 36.7 Å². The number of fused-ring (bicyclic) bond motifs is 1. The van der Waals surface area contributed by atoms with Gasteiger partial charge in [-0.15, -0.1) is 11.6 Å². The fourth-order valence-electron chi connectivity index (χ4n) is 2.76. The molecule has 2 atom stereocenters. The Morgan fingerprint density at radius 3 is 2.62 bits per heavy atom. The topological polar surface area (TPSA) is 30.7 Å². The number of hydrogen-bond acceptors (Lipinski definition) is 2. The quantitative estimate of drug-likeness (QED) is 0.662. The fourth-order valence-corrected chi connectivity index (χ4v) is 2.91. The minimum atomic E-state index is -0.129. The van der Waals surface area contributed by atoms with Crippen molar-refractivity contribution in [3.05, 3.63) is 60.2 Å². The monoisotopic (exact) mass is 299 g/mol. The number of alkyl halides is 1. The van der Waals surface area contributed by atoms with E-state index in [9.17, 15) is 0 Å². The molecular weight excluding hydrogens is 282 g/mol. The Hall–Kier alpha value is -1.87. The molecule has 0 aliphatic carbocycles. The van der Waals surface area contributed by atoms with E-state index in [2.05, 4.69) is 45.7 Å². The van der Waals surface area contributed by atoms with Crippen LogP contribution in [0.2, 0.25) is 0 Å². The molecule has 1 aromatic carbocycles. The minimum absolute atomic E-state index is 0.129. The smallest absolute Gasteiger partial charge is 0.128 e. The molecule has 0 saturated heterocycles. The van der Waals surface area contributed by atoms with E-state index in [4.69, 9.17) is 11.6 Å². The summed E-state index contributed by atoms with van der Waals surface area (Å²) in [5.74, 6) is 0.906. The molecule has 21 heavy (non-hydrogen) atoms. The summed E-state index contributed by atoms with van der Waals surface area (Å²) in [5.41, 5.74) is 3.31. The molecule has 2 aromatic heterocycles. The molecule has 2 unspecified atom stereocenters. The number of hydrogen-bond donors (Lipinski definition) is 0. The number of nitrogens with zero attached hydrogens (tertiary/aromatic N) is 3. The molecule has 0 saturated carbocycles. The van der Waals surface area contributed by atoms with E-state index < -0.39 is 0 Å². The lowest BCUT2D eigenvalue weighted by molar-refractivity contribution is 0.534. The van der Waals surface area contributed by atoms with Gasteiger partial charge in [0.15, 0.2) is 0 Å². The van der Waals surface area contributed by atoms with Crippen LogP contribution in [0, 0.1) is 0 Å². The summed E-state index contributed by atoms with van der Waals surface area (Å²) >= 11 is 6.32. The van der Waals surface area contributed by atoms with Gasteiger partial charge in [0, 0.05) is 12.2 Å². The summed E-state index contributed by atoms with van der Waals surface area (Å²) in [5, 5.41) is -0.129. The van der Waals surface area contributed by atoms with Gasteiger partial charge in [-0.2, -0.15) is 0 Å². The average molecular weight is 300 g/mol. The second-order valence-corrected chi connectivity index (χ2v) is 6.01. The van der Waals surface area contributed by atoms with Gasteiger partial charge in [-0.1, -0.05) is 30.3 Å². The lowest BCUT2D eigenvalue weighted by Gasteiger charge is -2.18. The van der Waals surface area contributed by atoms with Gasteiger partial charge in [-0.25, -0.2) is 4.98 Å². The zero-order chi connectivity index (χ0) is 14.8. The molecule has 3 nitrogen and oxygen atoms in total. The number of benzene rings is 1. The van der Waals surface area contributed by atoms with Crippen molar-refractivity contribution in [3.8, 4) is 0 Å². The summed E-state index contributed by atoms with van der Waals surface area (Å²) in [6.45, 7) is 4.17. The zero-order valence-electron chi connectivity index (χ0n) is 12.2. The summed E-state index contributed by atoms with van der Waals surface area (Å²) in [4.78, 5) is 8.79. The molecule has 0 fully saturated rings. The first-order valence-electron chi connectivity index (χ1n) is 7.16. The van der Waals surface area contributed by atoms with Crippen molar-refractivity contribution >= 4 is 22.6 Å². The van der Waals surface area contributed by atoms with Crippen molar-refractivity contribution in [2.45, 2.75) is 31.7 Å². The first-order valence-corrected chi connectivity index (χ1v) is 7.60. The van der Waals surface area contributed by atoms with Gasteiger partial charge < -0.3 is 4.57 Å². The molecule has 0 aliphatic heterocycles. The lowest BCUT2D eigenvalue weighted by atomic mass is 10.1. The van der Waals surface area contributed by atoms with Crippen molar-refractivity contribution in [1.82, 2.24) is 14.5 Å². The van der Waals surface area contributed by atoms with Gasteiger partial charge >= 0.3 is 0 Å². The van der Waals surface area contributed by atoms with Gasteiger partial charge in [0.05, 0.1) is 17.1 Å². The molecular formula is C17H18ClN3. The van der Waals surface area contributed by atoms with Gasteiger partial charge in [-0.3, -0.25) is 4.98 Å². The molecule has 0 aliphatic rings. The Bertz CT molecular complexity index is 734. The highest BCUT2D eigenvalue weighted by atomic mass is 35.5. The lowest BCUT2D eigenvalue weighted by Crippen LogP contribution is -2.12. The molecule has 0 radical (unpaired) electrons. The predicted molar refractivity (Wildman–Crippen MR) is 86.7 cm³/mol. The molecule has 4 heteroatoms. The van der Waals surface area contributed by atoms with Crippen molar-refractivity contribution < 1.29 is 0 Å². The number of halogens is 1. The van der Waals surface area contributed by atoms with E-state index in [1.54, 1.807) is 12.4 Å². The van der Waals surface area contributed by atoms with E-state index in [-0.39, 0.29) is 11.4 Å². The van der Waals surface area contributed by atoms with Gasteiger partial charge in [0.1, 0.15) is 11.3 Å². The maximum absolute atomic E-state index is 6.32. The molecule has 108 valence electrons. The zero-order valence-corrected chi connectivity index (χ0v) is 13.0. The average Bonchev–Trinajstić information content (AvgIpc) is 2.88. The summed E-state index contributed by atoms with van der Waals surface area (Å²) < 4.78 is 2.24. The second kappa shape index (κ2) is 5.86.